The summed E-state index contributed by atoms with van der Waals surface area (Å²) in [5, 5.41) is 13.6. The molecule has 156 valence electrons. The third kappa shape index (κ3) is 7.12. The lowest BCUT2D eigenvalue weighted by Gasteiger charge is -2.16. The molecule has 0 unspecified atom stereocenters. The van der Waals surface area contributed by atoms with E-state index in [0.717, 1.165) is 4.90 Å². The van der Waals surface area contributed by atoms with Crippen LogP contribution in [0.25, 0.3) is 0 Å². The van der Waals surface area contributed by atoms with Crippen molar-refractivity contribution in [2.45, 2.75) is 13.0 Å². The lowest BCUT2D eigenvalue weighted by atomic mass is 10.2. The molecule has 10 nitrogen and oxygen atoms in total. The highest BCUT2D eigenvalue weighted by Crippen LogP contribution is 2.11. The van der Waals surface area contributed by atoms with Gasteiger partial charge in [0, 0.05) is 12.7 Å². The third-order valence-electron chi connectivity index (χ3n) is 3.82. The maximum atomic E-state index is 12.1. The molecule has 3 amide bonds. The van der Waals surface area contributed by atoms with Crippen LogP contribution in [0.2, 0.25) is 0 Å². The van der Waals surface area contributed by atoms with E-state index in [1.54, 1.807) is 18.2 Å². The van der Waals surface area contributed by atoms with Gasteiger partial charge in [0.05, 0.1) is 31.0 Å². The highest BCUT2D eigenvalue weighted by atomic mass is 16.5. The second-order valence-corrected chi connectivity index (χ2v) is 6.14. The number of anilines is 1. The van der Waals surface area contributed by atoms with Crippen molar-refractivity contribution in [3.05, 3.63) is 54.0 Å². The zero-order valence-electron chi connectivity index (χ0n) is 16.2. The molecule has 10 heteroatoms. The minimum Gasteiger partial charge on any atom is -0.467 e. The van der Waals surface area contributed by atoms with Crippen LogP contribution >= 0.6 is 0 Å². The number of amides is 3. The minimum absolute atomic E-state index is 0.180. The normalized spacial score (nSPS) is 9.87. The van der Waals surface area contributed by atoms with E-state index < -0.39 is 24.4 Å². The summed E-state index contributed by atoms with van der Waals surface area (Å²) in [6.45, 7) is -0.522. The van der Waals surface area contributed by atoms with Gasteiger partial charge in [-0.25, -0.2) is 4.79 Å². The van der Waals surface area contributed by atoms with Gasteiger partial charge < -0.3 is 24.7 Å². The van der Waals surface area contributed by atoms with Gasteiger partial charge in [-0.05, 0) is 36.4 Å². The van der Waals surface area contributed by atoms with Crippen LogP contribution in [-0.4, -0.2) is 48.8 Å². The number of nitrogens with zero attached hydrogens (tertiary/aromatic N) is 2. The molecular formula is C20H20N4O6. The van der Waals surface area contributed by atoms with Crippen LogP contribution in [0.1, 0.15) is 22.5 Å². The molecule has 2 N–H and O–H groups in total. The molecule has 1 aromatic carbocycles. The number of benzene rings is 1. The van der Waals surface area contributed by atoms with Crippen LogP contribution in [0.15, 0.2) is 47.1 Å². The number of furan rings is 1. The average molecular weight is 412 g/mol. The molecule has 0 atom stereocenters. The first-order valence-corrected chi connectivity index (χ1v) is 8.86. The number of likely N-dealkylation sites (N-methyl/N-ethyl adjacent to an activating group) is 1. The summed E-state index contributed by atoms with van der Waals surface area (Å²) in [5.74, 6) is -1.54. The van der Waals surface area contributed by atoms with Crippen molar-refractivity contribution in [2.24, 2.45) is 0 Å². The van der Waals surface area contributed by atoms with Gasteiger partial charge in [0.25, 0.3) is 5.91 Å². The van der Waals surface area contributed by atoms with Crippen molar-refractivity contribution in [3.63, 3.8) is 0 Å². The van der Waals surface area contributed by atoms with Gasteiger partial charge in [-0.3, -0.25) is 14.4 Å². The van der Waals surface area contributed by atoms with E-state index in [0.29, 0.717) is 11.4 Å². The second kappa shape index (κ2) is 11.0. The van der Waals surface area contributed by atoms with Crippen molar-refractivity contribution in [3.8, 4) is 6.07 Å². The van der Waals surface area contributed by atoms with Crippen LogP contribution < -0.4 is 10.6 Å². The fraction of sp³-hybridized carbons (Fsp3) is 0.250. The van der Waals surface area contributed by atoms with Crippen molar-refractivity contribution < 1.29 is 28.3 Å². The third-order valence-corrected chi connectivity index (χ3v) is 3.82. The predicted octanol–water partition coefficient (Wildman–Crippen LogP) is 1.06. The molecule has 0 spiro atoms. The van der Waals surface area contributed by atoms with E-state index in [-0.39, 0.29) is 31.0 Å². The van der Waals surface area contributed by atoms with Gasteiger partial charge in [0.15, 0.2) is 6.61 Å². The maximum Gasteiger partial charge on any atom is 0.338 e. The SMILES string of the molecule is CN(CC(=O)NCc1ccco1)C(=O)COC(=O)c1ccc(NC(=O)CC#N)cc1. The number of rotatable bonds is 9. The van der Waals surface area contributed by atoms with Gasteiger partial charge in [0.1, 0.15) is 12.2 Å². The van der Waals surface area contributed by atoms with Crippen molar-refractivity contribution >= 4 is 29.4 Å². The Bertz CT molecular complexity index is 931. The van der Waals surface area contributed by atoms with Crippen LogP contribution in [0.3, 0.4) is 0 Å². The molecule has 0 fully saturated rings. The van der Waals surface area contributed by atoms with Crippen molar-refractivity contribution in [1.82, 2.24) is 10.2 Å². The molecule has 0 saturated heterocycles. The summed E-state index contributed by atoms with van der Waals surface area (Å²) in [6.07, 6.45) is 1.21. The first-order chi connectivity index (χ1) is 14.4. The zero-order valence-corrected chi connectivity index (χ0v) is 16.2. The summed E-state index contributed by atoms with van der Waals surface area (Å²) in [6, 6.07) is 10.9. The van der Waals surface area contributed by atoms with E-state index in [4.69, 9.17) is 14.4 Å². The van der Waals surface area contributed by atoms with Gasteiger partial charge in [0.2, 0.25) is 11.8 Å². The molecule has 0 aliphatic rings. The number of carbonyl (C=O) groups excluding carboxylic acids is 4. The summed E-state index contributed by atoms with van der Waals surface area (Å²) >= 11 is 0. The quantitative estimate of drug-likeness (QED) is 0.587. The van der Waals surface area contributed by atoms with Crippen molar-refractivity contribution in [1.29, 1.82) is 5.26 Å². The summed E-state index contributed by atoms with van der Waals surface area (Å²) < 4.78 is 10.1. The Morgan fingerprint density at radius 1 is 1.13 bits per heavy atom. The van der Waals surface area contributed by atoms with Crippen LogP contribution in [0.5, 0.6) is 0 Å². The molecule has 0 saturated carbocycles. The van der Waals surface area contributed by atoms with E-state index in [2.05, 4.69) is 10.6 Å². The summed E-state index contributed by atoms with van der Waals surface area (Å²) in [7, 11) is 1.42. The number of hydrogen-bond acceptors (Lipinski definition) is 7. The first kappa shape index (κ1) is 22.2. The smallest absolute Gasteiger partial charge is 0.338 e. The molecule has 2 rings (SSSR count). The molecule has 0 bridgehead atoms. The number of nitriles is 1. The molecule has 1 aromatic heterocycles. The zero-order chi connectivity index (χ0) is 21.9. The summed E-state index contributed by atoms with van der Waals surface area (Å²) in [4.78, 5) is 48.5. The Labute approximate surface area is 172 Å². The maximum absolute atomic E-state index is 12.1. The standard InChI is InChI=1S/C20H20N4O6/c1-24(12-18(26)22-11-16-3-2-10-29-16)19(27)13-30-20(28)14-4-6-15(7-5-14)23-17(25)8-9-21/h2-7,10H,8,11-13H2,1H3,(H,22,26)(H,23,25). The Hall–Kier alpha value is -4.13. The lowest BCUT2D eigenvalue weighted by molar-refractivity contribution is -0.137. The average Bonchev–Trinajstić information content (AvgIpc) is 3.24. The van der Waals surface area contributed by atoms with Gasteiger partial charge >= 0.3 is 5.97 Å². The van der Waals surface area contributed by atoms with Gasteiger partial charge in [-0.2, -0.15) is 5.26 Å². The number of esters is 1. The number of hydrogen-bond donors (Lipinski definition) is 2. The molecule has 2 aromatic rings. The molecule has 0 radical (unpaired) electrons. The Morgan fingerprint density at radius 2 is 1.87 bits per heavy atom. The van der Waals surface area contributed by atoms with Gasteiger partial charge in [-0.15, -0.1) is 0 Å². The fourth-order valence-corrected chi connectivity index (χ4v) is 2.25. The van der Waals surface area contributed by atoms with E-state index in [1.807, 2.05) is 0 Å². The predicted molar refractivity (Wildman–Crippen MR) is 104 cm³/mol. The molecule has 0 aliphatic carbocycles. The Kier molecular flexibility index (Phi) is 8.14. The largest absolute Gasteiger partial charge is 0.467 e. The highest BCUT2D eigenvalue weighted by molar-refractivity contribution is 5.94. The molecule has 0 aliphatic heterocycles. The lowest BCUT2D eigenvalue weighted by Crippen LogP contribution is -2.39. The minimum atomic E-state index is -0.728. The second-order valence-electron chi connectivity index (χ2n) is 6.14. The van der Waals surface area contributed by atoms with E-state index in [9.17, 15) is 19.2 Å². The Balaban J connectivity index is 1.74. The summed E-state index contributed by atoms with van der Waals surface area (Å²) in [5.41, 5.74) is 0.600. The first-order valence-electron chi connectivity index (χ1n) is 8.86. The van der Waals surface area contributed by atoms with Crippen LogP contribution in [0.4, 0.5) is 5.69 Å². The molecule has 30 heavy (non-hydrogen) atoms. The highest BCUT2D eigenvalue weighted by Gasteiger charge is 2.16. The van der Waals surface area contributed by atoms with E-state index >= 15 is 0 Å². The van der Waals surface area contributed by atoms with Crippen LogP contribution in [-0.2, 0) is 25.7 Å². The molecule has 1 heterocycles. The van der Waals surface area contributed by atoms with Crippen molar-refractivity contribution in [2.75, 3.05) is 25.5 Å². The number of carbonyl (C=O) groups is 4. The number of ether oxygens (including phenoxy) is 1. The monoisotopic (exact) mass is 412 g/mol. The van der Waals surface area contributed by atoms with E-state index in [1.165, 1.54) is 37.6 Å². The molecular weight excluding hydrogens is 392 g/mol. The van der Waals surface area contributed by atoms with Crippen LogP contribution in [0, 0.1) is 11.3 Å². The van der Waals surface area contributed by atoms with Gasteiger partial charge in [-0.1, -0.05) is 0 Å². The Morgan fingerprint density at radius 3 is 2.50 bits per heavy atom. The number of nitrogens with one attached hydrogen (secondary N) is 2. The fourth-order valence-electron chi connectivity index (χ4n) is 2.25. The topological polar surface area (TPSA) is 142 Å².